The molecule has 4 heteroatoms. The van der Waals surface area contributed by atoms with E-state index in [1.54, 1.807) is 0 Å². The summed E-state index contributed by atoms with van der Waals surface area (Å²) in [6.45, 7) is 0.991. The van der Waals surface area contributed by atoms with Gasteiger partial charge in [0.05, 0.1) is 0 Å². The standard InChI is InChI=1S/C12H19N3S/c1-16-12(7-2-3-8-12)9-14-11-6-4-5-10(13)15-11/h4-6H,2-3,7-9H2,1H3,(H3,13,14,15). The lowest BCUT2D eigenvalue weighted by Gasteiger charge is -2.27. The first-order valence-electron chi connectivity index (χ1n) is 5.76. The van der Waals surface area contributed by atoms with E-state index in [1.807, 2.05) is 30.0 Å². The van der Waals surface area contributed by atoms with E-state index in [2.05, 4.69) is 16.6 Å². The van der Waals surface area contributed by atoms with Crippen LogP contribution in [0.15, 0.2) is 18.2 Å². The Labute approximate surface area is 101 Å². The molecular formula is C12H19N3S. The molecule has 1 fully saturated rings. The number of aromatic nitrogens is 1. The predicted molar refractivity (Wildman–Crippen MR) is 71.9 cm³/mol. The number of anilines is 2. The SMILES string of the molecule is CSC1(CNc2cccc(N)n2)CCCC1. The summed E-state index contributed by atoms with van der Waals surface area (Å²) in [7, 11) is 0. The maximum atomic E-state index is 5.65. The molecule has 2 rings (SSSR count). The van der Waals surface area contributed by atoms with Crippen LogP contribution in [0, 0.1) is 0 Å². The van der Waals surface area contributed by atoms with E-state index in [1.165, 1.54) is 25.7 Å². The van der Waals surface area contributed by atoms with Gasteiger partial charge in [0.2, 0.25) is 0 Å². The van der Waals surface area contributed by atoms with Gasteiger partial charge in [-0.1, -0.05) is 18.9 Å². The molecule has 1 heterocycles. The van der Waals surface area contributed by atoms with Crippen molar-refractivity contribution in [2.75, 3.05) is 23.9 Å². The molecule has 88 valence electrons. The Morgan fingerprint density at radius 3 is 2.81 bits per heavy atom. The molecule has 0 spiro atoms. The fourth-order valence-electron chi connectivity index (χ4n) is 2.27. The second-order valence-electron chi connectivity index (χ2n) is 4.40. The molecule has 16 heavy (non-hydrogen) atoms. The van der Waals surface area contributed by atoms with Crippen molar-refractivity contribution >= 4 is 23.4 Å². The Hall–Kier alpha value is -0.900. The summed E-state index contributed by atoms with van der Waals surface area (Å²) in [4.78, 5) is 4.26. The molecule has 1 aliphatic rings. The highest BCUT2D eigenvalue weighted by atomic mass is 32.2. The first-order chi connectivity index (χ1) is 7.74. The van der Waals surface area contributed by atoms with E-state index in [0.717, 1.165) is 12.4 Å². The van der Waals surface area contributed by atoms with Gasteiger partial charge < -0.3 is 11.1 Å². The third kappa shape index (κ3) is 2.61. The molecule has 0 bridgehead atoms. The van der Waals surface area contributed by atoms with Crippen LogP contribution in [0.3, 0.4) is 0 Å². The summed E-state index contributed by atoms with van der Waals surface area (Å²) in [6.07, 6.45) is 7.53. The Bertz CT molecular complexity index is 348. The average Bonchev–Trinajstić information content (AvgIpc) is 2.76. The van der Waals surface area contributed by atoms with Crippen molar-refractivity contribution in [3.63, 3.8) is 0 Å². The van der Waals surface area contributed by atoms with Gasteiger partial charge in [0.15, 0.2) is 0 Å². The lowest BCUT2D eigenvalue weighted by molar-refractivity contribution is 0.639. The van der Waals surface area contributed by atoms with Crippen LogP contribution >= 0.6 is 11.8 Å². The largest absolute Gasteiger partial charge is 0.384 e. The molecule has 0 unspecified atom stereocenters. The quantitative estimate of drug-likeness (QED) is 0.845. The number of nitrogens with one attached hydrogen (secondary N) is 1. The molecule has 0 aromatic carbocycles. The lowest BCUT2D eigenvalue weighted by atomic mass is 10.1. The van der Waals surface area contributed by atoms with Crippen LogP contribution in [-0.2, 0) is 0 Å². The van der Waals surface area contributed by atoms with Gasteiger partial charge in [-0.05, 0) is 31.2 Å². The van der Waals surface area contributed by atoms with Crippen LogP contribution in [0.2, 0.25) is 0 Å². The van der Waals surface area contributed by atoms with Gasteiger partial charge in [-0.25, -0.2) is 4.98 Å². The smallest absolute Gasteiger partial charge is 0.128 e. The summed E-state index contributed by atoms with van der Waals surface area (Å²) in [5, 5.41) is 3.41. The number of hydrogen-bond acceptors (Lipinski definition) is 4. The van der Waals surface area contributed by atoms with Gasteiger partial charge in [0, 0.05) is 11.3 Å². The van der Waals surface area contributed by atoms with E-state index in [4.69, 9.17) is 5.73 Å². The van der Waals surface area contributed by atoms with E-state index < -0.39 is 0 Å². The second kappa shape index (κ2) is 4.95. The monoisotopic (exact) mass is 237 g/mol. The molecular weight excluding hydrogens is 218 g/mol. The maximum Gasteiger partial charge on any atom is 0.128 e. The molecule has 1 aliphatic carbocycles. The van der Waals surface area contributed by atoms with Gasteiger partial charge in [-0.15, -0.1) is 0 Å². The van der Waals surface area contributed by atoms with E-state index in [9.17, 15) is 0 Å². The number of thioether (sulfide) groups is 1. The van der Waals surface area contributed by atoms with Crippen molar-refractivity contribution in [3.8, 4) is 0 Å². The Morgan fingerprint density at radius 2 is 2.19 bits per heavy atom. The Balaban J connectivity index is 1.95. The zero-order valence-electron chi connectivity index (χ0n) is 9.70. The number of hydrogen-bond donors (Lipinski definition) is 2. The van der Waals surface area contributed by atoms with E-state index in [0.29, 0.717) is 10.6 Å². The zero-order chi connectivity index (χ0) is 11.4. The van der Waals surface area contributed by atoms with Crippen molar-refractivity contribution in [1.29, 1.82) is 0 Å². The van der Waals surface area contributed by atoms with Gasteiger partial charge in [-0.2, -0.15) is 11.8 Å². The minimum absolute atomic E-state index is 0.409. The highest BCUT2D eigenvalue weighted by Gasteiger charge is 2.32. The summed E-state index contributed by atoms with van der Waals surface area (Å²) in [5.41, 5.74) is 5.65. The van der Waals surface area contributed by atoms with Crippen molar-refractivity contribution in [1.82, 2.24) is 4.98 Å². The van der Waals surface area contributed by atoms with Crippen LogP contribution in [-0.4, -0.2) is 22.5 Å². The number of rotatable bonds is 4. The molecule has 1 aromatic rings. The molecule has 3 nitrogen and oxygen atoms in total. The van der Waals surface area contributed by atoms with Gasteiger partial charge >= 0.3 is 0 Å². The molecule has 0 saturated heterocycles. The van der Waals surface area contributed by atoms with Crippen LogP contribution in [0.25, 0.3) is 0 Å². The number of nitrogen functional groups attached to an aromatic ring is 1. The molecule has 0 atom stereocenters. The topological polar surface area (TPSA) is 50.9 Å². The third-order valence-corrected chi connectivity index (χ3v) is 4.73. The van der Waals surface area contributed by atoms with Crippen molar-refractivity contribution in [3.05, 3.63) is 18.2 Å². The Kier molecular flexibility index (Phi) is 3.59. The summed E-state index contributed by atoms with van der Waals surface area (Å²) < 4.78 is 0.409. The van der Waals surface area contributed by atoms with Crippen molar-refractivity contribution in [2.45, 2.75) is 30.4 Å². The Morgan fingerprint density at radius 1 is 1.44 bits per heavy atom. The number of pyridine rings is 1. The zero-order valence-corrected chi connectivity index (χ0v) is 10.5. The number of nitrogens with two attached hydrogens (primary N) is 1. The lowest BCUT2D eigenvalue weighted by Crippen LogP contribution is -2.30. The second-order valence-corrected chi connectivity index (χ2v) is 5.67. The molecule has 0 radical (unpaired) electrons. The van der Waals surface area contributed by atoms with Crippen LogP contribution in [0.4, 0.5) is 11.6 Å². The first-order valence-corrected chi connectivity index (χ1v) is 6.98. The highest BCUT2D eigenvalue weighted by Crippen LogP contribution is 2.40. The molecule has 1 saturated carbocycles. The van der Waals surface area contributed by atoms with Gasteiger partial charge in [0.25, 0.3) is 0 Å². The predicted octanol–water partition coefficient (Wildman–Crippen LogP) is 2.75. The maximum absolute atomic E-state index is 5.65. The van der Waals surface area contributed by atoms with Crippen LogP contribution in [0.5, 0.6) is 0 Å². The van der Waals surface area contributed by atoms with E-state index in [-0.39, 0.29) is 0 Å². The molecule has 1 aromatic heterocycles. The minimum atomic E-state index is 0.409. The van der Waals surface area contributed by atoms with Crippen LogP contribution < -0.4 is 11.1 Å². The van der Waals surface area contributed by atoms with Crippen LogP contribution in [0.1, 0.15) is 25.7 Å². The molecule has 3 N–H and O–H groups in total. The first kappa shape index (κ1) is 11.6. The van der Waals surface area contributed by atoms with Gasteiger partial charge in [0.1, 0.15) is 11.6 Å². The fourth-order valence-corrected chi connectivity index (χ4v) is 3.19. The van der Waals surface area contributed by atoms with Crippen molar-refractivity contribution < 1.29 is 0 Å². The number of nitrogens with zero attached hydrogens (tertiary/aromatic N) is 1. The highest BCUT2D eigenvalue weighted by molar-refractivity contribution is 8.00. The third-order valence-electron chi connectivity index (χ3n) is 3.31. The summed E-state index contributed by atoms with van der Waals surface area (Å²) in [5.74, 6) is 1.47. The summed E-state index contributed by atoms with van der Waals surface area (Å²) in [6, 6.07) is 5.72. The van der Waals surface area contributed by atoms with Gasteiger partial charge in [-0.3, -0.25) is 0 Å². The molecule has 0 aliphatic heterocycles. The van der Waals surface area contributed by atoms with Crippen molar-refractivity contribution in [2.24, 2.45) is 0 Å². The molecule has 0 amide bonds. The fraction of sp³-hybridized carbons (Fsp3) is 0.583. The average molecular weight is 237 g/mol. The normalized spacial score (nSPS) is 18.6. The summed E-state index contributed by atoms with van der Waals surface area (Å²) >= 11 is 1.98. The minimum Gasteiger partial charge on any atom is -0.384 e. The van der Waals surface area contributed by atoms with E-state index >= 15 is 0 Å².